The summed E-state index contributed by atoms with van der Waals surface area (Å²) < 4.78 is 26.9. The molecule has 1 aromatic carbocycles. The lowest BCUT2D eigenvalue weighted by molar-refractivity contribution is 0.0718. The van der Waals surface area contributed by atoms with Gasteiger partial charge in [-0.3, -0.25) is 14.3 Å². The number of nitriles is 1. The third kappa shape index (κ3) is 4.29. The van der Waals surface area contributed by atoms with E-state index < -0.39 is 20.5 Å². The smallest absolute Gasteiger partial charge is 0.272 e. The van der Waals surface area contributed by atoms with E-state index in [-0.39, 0.29) is 42.0 Å². The van der Waals surface area contributed by atoms with Gasteiger partial charge in [0.05, 0.1) is 28.2 Å². The number of rotatable bonds is 10. The van der Waals surface area contributed by atoms with Gasteiger partial charge in [-0.2, -0.15) is 10.4 Å². The van der Waals surface area contributed by atoms with Crippen molar-refractivity contribution in [2.45, 2.75) is 68.0 Å². The second kappa shape index (κ2) is 8.92. The highest BCUT2D eigenvalue weighted by atomic mass is 32.2. The molecule has 6 rings (SSSR count). The highest BCUT2D eigenvalue weighted by molar-refractivity contribution is 7.94. The lowest BCUT2D eigenvalue weighted by atomic mass is 10.0. The molecule has 3 saturated carbocycles. The minimum Gasteiger partial charge on any atom is -0.396 e. The van der Waals surface area contributed by atoms with E-state index in [1.54, 1.807) is 33.8 Å². The van der Waals surface area contributed by atoms with Gasteiger partial charge in [-0.1, -0.05) is 12.1 Å². The lowest BCUT2D eigenvalue weighted by Crippen LogP contribution is -2.47. The Balaban J connectivity index is 1.25. The lowest BCUT2D eigenvalue weighted by Gasteiger charge is -2.31. The molecule has 0 spiro atoms. The van der Waals surface area contributed by atoms with Gasteiger partial charge in [-0.15, -0.1) is 0 Å². The summed E-state index contributed by atoms with van der Waals surface area (Å²) >= 11 is 0. The average molecular weight is 538 g/mol. The molecule has 1 aliphatic heterocycles. The molecule has 3 aliphatic carbocycles. The van der Waals surface area contributed by atoms with Crippen LogP contribution in [0.25, 0.3) is 0 Å². The van der Waals surface area contributed by atoms with Crippen LogP contribution in [-0.2, 0) is 29.3 Å². The molecule has 2 heterocycles. The molecule has 0 atom stereocenters. The molecule has 2 N–H and O–H groups in total. The van der Waals surface area contributed by atoms with E-state index in [0.717, 1.165) is 18.4 Å². The summed E-state index contributed by atoms with van der Waals surface area (Å²) in [7, 11) is -3.26. The van der Waals surface area contributed by atoms with Crippen LogP contribution in [0, 0.1) is 16.7 Å². The predicted molar refractivity (Wildman–Crippen MR) is 137 cm³/mol. The van der Waals surface area contributed by atoms with Gasteiger partial charge in [-0.25, -0.2) is 8.42 Å². The van der Waals surface area contributed by atoms with Gasteiger partial charge in [0.1, 0.15) is 5.69 Å². The van der Waals surface area contributed by atoms with Gasteiger partial charge in [0.15, 0.2) is 15.5 Å². The molecule has 38 heavy (non-hydrogen) atoms. The number of fused-ring (bicyclic) bond motifs is 1. The van der Waals surface area contributed by atoms with Crippen LogP contribution in [0.1, 0.15) is 76.2 Å². The standard InChI is InChI=1S/C27H31N5O5S/c28-13-18-1-3-19(4-2-18)14-29-24(34)22-21-7-12-31(16-27(10-11-27)38(36,37)20-5-6-20)25(35)23(21)32(30-22)15-26(17-33)8-9-26/h1-4,20,33H,5-12,14-17H2,(H,29,34). The molecule has 0 unspecified atom stereocenters. The number of hydrogen-bond acceptors (Lipinski definition) is 7. The number of sulfone groups is 1. The number of carbonyl (C=O) groups excluding carboxylic acids is 2. The monoisotopic (exact) mass is 537 g/mol. The maximum absolute atomic E-state index is 13.8. The normalized spacial score (nSPS) is 20.9. The van der Waals surface area contributed by atoms with Crippen LogP contribution in [-0.4, -0.2) is 69.7 Å². The number of nitrogens with zero attached hydrogens (tertiary/aromatic N) is 4. The highest BCUT2D eigenvalue weighted by Gasteiger charge is 2.60. The number of nitrogens with one attached hydrogen (secondary N) is 1. The molecule has 4 aliphatic rings. The minimum atomic E-state index is -3.26. The van der Waals surface area contributed by atoms with E-state index in [1.165, 1.54) is 0 Å². The number of aliphatic hydroxyl groups is 1. The quantitative estimate of drug-likeness (QED) is 0.468. The van der Waals surface area contributed by atoms with Gasteiger partial charge >= 0.3 is 0 Å². The molecule has 2 amide bonds. The van der Waals surface area contributed by atoms with E-state index in [4.69, 9.17) is 5.26 Å². The zero-order valence-corrected chi connectivity index (χ0v) is 22.0. The van der Waals surface area contributed by atoms with Crippen molar-refractivity contribution >= 4 is 21.7 Å². The van der Waals surface area contributed by atoms with Crippen molar-refractivity contribution in [3.8, 4) is 6.07 Å². The molecular formula is C27H31N5O5S. The second-order valence-electron chi connectivity index (χ2n) is 11.4. The fourth-order valence-corrected chi connectivity index (χ4v) is 7.97. The Morgan fingerprint density at radius 3 is 2.45 bits per heavy atom. The summed E-state index contributed by atoms with van der Waals surface area (Å²) in [6.45, 7) is 1.07. The first-order valence-electron chi connectivity index (χ1n) is 13.2. The third-order valence-corrected chi connectivity index (χ3v) is 11.6. The molecular weight excluding hydrogens is 506 g/mol. The first-order chi connectivity index (χ1) is 18.2. The van der Waals surface area contributed by atoms with E-state index >= 15 is 0 Å². The summed E-state index contributed by atoms with van der Waals surface area (Å²) in [6, 6.07) is 8.98. The van der Waals surface area contributed by atoms with E-state index in [9.17, 15) is 23.1 Å². The maximum atomic E-state index is 13.8. The average Bonchev–Trinajstić information content (AvgIpc) is 3.79. The number of aromatic nitrogens is 2. The van der Waals surface area contributed by atoms with Crippen molar-refractivity contribution in [3.63, 3.8) is 0 Å². The molecule has 1 aromatic heterocycles. The first-order valence-corrected chi connectivity index (χ1v) is 14.8. The Bertz CT molecular complexity index is 1440. The fourth-order valence-electron chi connectivity index (χ4n) is 5.50. The van der Waals surface area contributed by atoms with Crippen molar-refractivity contribution in [3.05, 3.63) is 52.3 Å². The second-order valence-corrected chi connectivity index (χ2v) is 14.0. The van der Waals surface area contributed by atoms with E-state index in [0.29, 0.717) is 62.0 Å². The van der Waals surface area contributed by atoms with Crippen molar-refractivity contribution in [2.24, 2.45) is 5.41 Å². The van der Waals surface area contributed by atoms with Gasteiger partial charge < -0.3 is 15.3 Å². The Hall–Kier alpha value is -3.23. The number of amides is 2. The van der Waals surface area contributed by atoms with Crippen LogP contribution in [0.4, 0.5) is 0 Å². The topological polar surface area (TPSA) is 145 Å². The van der Waals surface area contributed by atoms with E-state index in [1.807, 2.05) is 0 Å². The Morgan fingerprint density at radius 2 is 1.87 bits per heavy atom. The van der Waals surface area contributed by atoms with Crippen LogP contribution in [0.3, 0.4) is 0 Å². The highest BCUT2D eigenvalue weighted by Crippen LogP contribution is 2.51. The van der Waals surface area contributed by atoms with Gasteiger partial charge in [0, 0.05) is 37.2 Å². The van der Waals surface area contributed by atoms with Crippen LogP contribution in [0.15, 0.2) is 24.3 Å². The summed E-state index contributed by atoms with van der Waals surface area (Å²) in [6.07, 6.45) is 4.62. The fraction of sp³-hybridized carbons (Fsp3) is 0.556. The zero-order chi connectivity index (χ0) is 26.7. The first kappa shape index (κ1) is 25.1. The van der Waals surface area contributed by atoms with Crippen molar-refractivity contribution in [2.75, 3.05) is 19.7 Å². The zero-order valence-electron chi connectivity index (χ0n) is 21.1. The van der Waals surface area contributed by atoms with Crippen molar-refractivity contribution < 1.29 is 23.1 Å². The Labute approximate surface area is 221 Å². The van der Waals surface area contributed by atoms with Crippen molar-refractivity contribution in [1.29, 1.82) is 5.26 Å². The van der Waals surface area contributed by atoms with Crippen LogP contribution >= 0.6 is 0 Å². The van der Waals surface area contributed by atoms with Gasteiger partial charge in [0.25, 0.3) is 11.8 Å². The van der Waals surface area contributed by atoms with Gasteiger partial charge in [-0.05, 0) is 62.6 Å². The minimum absolute atomic E-state index is 0.0253. The number of hydrogen-bond donors (Lipinski definition) is 2. The molecule has 3 fully saturated rings. The van der Waals surface area contributed by atoms with Crippen LogP contribution in [0.2, 0.25) is 0 Å². The molecule has 10 nitrogen and oxygen atoms in total. The van der Waals surface area contributed by atoms with E-state index in [2.05, 4.69) is 16.5 Å². The molecule has 0 radical (unpaired) electrons. The van der Waals surface area contributed by atoms with Crippen LogP contribution < -0.4 is 5.32 Å². The van der Waals surface area contributed by atoms with Gasteiger partial charge in [0.2, 0.25) is 0 Å². The maximum Gasteiger partial charge on any atom is 0.272 e. The predicted octanol–water partition coefficient (Wildman–Crippen LogP) is 1.57. The van der Waals surface area contributed by atoms with Crippen LogP contribution in [0.5, 0.6) is 0 Å². The van der Waals surface area contributed by atoms with Crippen molar-refractivity contribution in [1.82, 2.24) is 20.0 Å². The SMILES string of the molecule is N#Cc1ccc(CNC(=O)c2nn(CC3(CO)CC3)c3c2CCN(CC2(S(=O)(=O)C4CC4)CC2)C3=O)cc1. The summed E-state index contributed by atoms with van der Waals surface area (Å²) in [5, 5.41) is 26.1. The summed E-state index contributed by atoms with van der Waals surface area (Å²) in [5.41, 5.74) is 2.13. The molecule has 0 bridgehead atoms. The summed E-state index contributed by atoms with van der Waals surface area (Å²) in [5.74, 6) is -0.690. The number of benzene rings is 1. The summed E-state index contributed by atoms with van der Waals surface area (Å²) in [4.78, 5) is 28.6. The number of carbonyl (C=O) groups is 2. The Morgan fingerprint density at radius 1 is 1.16 bits per heavy atom. The number of aliphatic hydroxyl groups excluding tert-OH is 1. The molecule has 2 aromatic rings. The molecule has 11 heteroatoms. The molecule has 200 valence electrons. The Kier molecular flexibility index (Phi) is 5.88. The third-order valence-electron chi connectivity index (χ3n) is 8.55. The largest absolute Gasteiger partial charge is 0.396 e. The molecule has 0 saturated heterocycles.